The SMILES string of the molecule is COc1ccc(C(=O)N(C)C)cc1NC(=O)CNCC1CC1. The standard InChI is InChI=1S/C16H23N3O3/c1-19(2)16(21)12-6-7-14(22-3)13(8-12)18-15(20)10-17-9-11-4-5-11/h6-8,11,17H,4-5,9-10H2,1-3H3,(H,18,20). The van der Waals surface area contributed by atoms with Crippen LogP contribution in [0.2, 0.25) is 0 Å². The lowest BCUT2D eigenvalue weighted by Gasteiger charge is -2.14. The average Bonchev–Trinajstić information content (AvgIpc) is 3.30. The summed E-state index contributed by atoms with van der Waals surface area (Å²) in [4.78, 5) is 25.5. The minimum atomic E-state index is -0.145. The molecule has 1 aliphatic carbocycles. The molecule has 2 amide bonds. The fourth-order valence-electron chi connectivity index (χ4n) is 2.10. The van der Waals surface area contributed by atoms with Crippen molar-refractivity contribution >= 4 is 17.5 Å². The van der Waals surface area contributed by atoms with Crippen molar-refractivity contribution in [2.45, 2.75) is 12.8 Å². The molecule has 0 heterocycles. The third-order valence-electron chi connectivity index (χ3n) is 3.54. The second-order valence-corrected chi connectivity index (χ2v) is 5.74. The maximum Gasteiger partial charge on any atom is 0.253 e. The zero-order chi connectivity index (χ0) is 16.1. The molecule has 2 rings (SSSR count). The van der Waals surface area contributed by atoms with Crippen molar-refractivity contribution in [2.75, 3.05) is 39.6 Å². The first-order valence-corrected chi connectivity index (χ1v) is 7.41. The van der Waals surface area contributed by atoms with E-state index in [-0.39, 0.29) is 18.4 Å². The van der Waals surface area contributed by atoms with E-state index in [0.29, 0.717) is 17.0 Å². The second-order valence-electron chi connectivity index (χ2n) is 5.74. The molecule has 2 N–H and O–H groups in total. The van der Waals surface area contributed by atoms with Crippen LogP contribution in [0.3, 0.4) is 0 Å². The highest BCUT2D eigenvalue weighted by Crippen LogP contribution is 2.27. The Morgan fingerprint density at radius 2 is 2.05 bits per heavy atom. The fourth-order valence-corrected chi connectivity index (χ4v) is 2.10. The van der Waals surface area contributed by atoms with Gasteiger partial charge in [0.15, 0.2) is 0 Å². The molecule has 1 saturated carbocycles. The van der Waals surface area contributed by atoms with Gasteiger partial charge in [-0.1, -0.05) is 0 Å². The van der Waals surface area contributed by atoms with Crippen LogP contribution >= 0.6 is 0 Å². The summed E-state index contributed by atoms with van der Waals surface area (Å²) in [7, 11) is 4.91. The zero-order valence-corrected chi connectivity index (χ0v) is 13.3. The van der Waals surface area contributed by atoms with Crippen molar-refractivity contribution in [3.63, 3.8) is 0 Å². The Bertz CT molecular complexity index is 554. The number of anilines is 1. The van der Waals surface area contributed by atoms with Gasteiger partial charge in [-0.25, -0.2) is 0 Å². The molecule has 1 fully saturated rings. The van der Waals surface area contributed by atoms with E-state index in [4.69, 9.17) is 4.74 Å². The lowest BCUT2D eigenvalue weighted by Crippen LogP contribution is -2.29. The Labute approximate surface area is 130 Å². The van der Waals surface area contributed by atoms with E-state index in [1.165, 1.54) is 24.9 Å². The van der Waals surface area contributed by atoms with Crippen molar-refractivity contribution in [1.29, 1.82) is 0 Å². The summed E-state index contributed by atoms with van der Waals surface area (Å²) in [6.45, 7) is 1.13. The monoisotopic (exact) mass is 305 g/mol. The smallest absolute Gasteiger partial charge is 0.253 e. The number of hydrogen-bond acceptors (Lipinski definition) is 4. The Morgan fingerprint density at radius 3 is 2.64 bits per heavy atom. The fraction of sp³-hybridized carbons (Fsp3) is 0.500. The molecule has 0 atom stereocenters. The Hall–Kier alpha value is -2.08. The van der Waals surface area contributed by atoms with Gasteiger partial charge in [-0.05, 0) is 43.5 Å². The number of nitrogens with one attached hydrogen (secondary N) is 2. The Balaban J connectivity index is 2.01. The molecule has 6 nitrogen and oxygen atoms in total. The molecule has 0 aromatic heterocycles. The highest BCUT2D eigenvalue weighted by Gasteiger charge is 2.20. The summed E-state index contributed by atoms with van der Waals surface area (Å²) in [5.74, 6) is 0.993. The minimum Gasteiger partial charge on any atom is -0.495 e. The molecule has 0 saturated heterocycles. The van der Waals surface area contributed by atoms with Gasteiger partial charge in [-0.2, -0.15) is 0 Å². The van der Waals surface area contributed by atoms with Crippen LogP contribution in [0.5, 0.6) is 5.75 Å². The number of methoxy groups -OCH3 is 1. The topological polar surface area (TPSA) is 70.7 Å². The van der Waals surface area contributed by atoms with E-state index in [2.05, 4.69) is 10.6 Å². The Morgan fingerprint density at radius 1 is 1.32 bits per heavy atom. The molecule has 22 heavy (non-hydrogen) atoms. The van der Waals surface area contributed by atoms with Gasteiger partial charge < -0.3 is 20.3 Å². The van der Waals surface area contributed by atoms with Gasteiger partial charge in [0.05, 0.1) is 19.3 Å². The molecule has 0 unspecified atom stereocenters. The number of rotatable bonds is 7. The second kappa shape index (κ2) is 7.26. The van der Waals surface area contributed by atoms with Gasteiger partial charge in [0.2, 0.25) is 5.91 Å². The van der Waals surface area contributed by atoms with Gasteiger partial charge >= 0.3 is 0 Å². The molecular formula is C16H23N3O3. The van der Waals surface area contributed by atoms with Crippen LogP contribution in [0, 0.1) is 5.92 Å². The quantitative estimate of drug-likeness (QED) is 0.797. The van der Waals surface area contributed by atoms with Gasteiger partial charge in [0.1, 0.15) is 5.75 Å². The number of ether oxygens (including phenoxy) is 1. The average molecular weight is 305 g/mol. The first-order valence-electron chi connectivity index (χ1n) is 7.41. The van der Waals surface area contributed by atoms with E-state index < -0.39 is 0 Å². The van der Waals surface area contributed by atoms with Crippen LogP contribution in [-0.2, 0) is 4.79 Å². The zero-order valence-electron chi connectivity index (χ0n) is 13.3. The minimum absolute atomic E-state index is 0.120. The molecule has 6 heteroatoms. The van der Waals surface area contributed by atoms with Crippen LogP contribution in [-0.4, -0.2) is 51.0 Å². The summed E-state index contributed by atoms with van der Waals surface area (Å²) in [6.07, 6.45) is 2.49. The number of amides is 2. The van der Waals surface area contributed by atoms with Gasteiger partial charge in [0, 0.05) is 19.7 Å². The van der Waals surface area contributed by atoms with Crippen molar-refractivity contribution < 1.29 is 14.3 Å². The molecule has 120 valence electrons. The predicted octanol–water partition coefficient (Wildman–Crippen LogP) is 1.34. The summed E-state index contributed by atoms with van der Waals surface area (Å²) < 4.78 is 5.23. The molecule has 0 spiro atoms. The van der Waals surface area contributed by atoms with Crippen molar-refractivity contribution in [3.05, 3.63) is 23.8 Å². The van der Waals surface area contributed by atoms with Crippen molar-refractivity contribution in [2.24, 2.45) is 5.92 Å². The third-order valence-corrected chi connectivity index (χ3v) is 3.54. The first-order chi connectivity index (χ1) is 10.5. The van der Waals surface area contributed by atoms with Gasteiger partial charge in [-0.3, -0.25) is 9.59 Å². The van der Waals surface area contributed by atoms with Crippen LogP contribution in [0.1, 0.15) is 23.2 Å². The van der Waals surface area contributed by atoms with Crippen LogP contribution in [0.25, 0.3) is 0 Å². The van der Waals surface area contributed by atoms with Crippen LogP contribution in [0.15, 0.2) is 18.2 Å². The highest BCUT2D eigenvalue weighted by atomic mass is 16.5. The summed E-state index contributed by atoms with van der Waals surface area (Å²) in [6, 6.07) is 5.01. The van der Waals surface area contributed by atoms with E-state index in [1.807, 2.05) is 0 Å². The molecule has 0 radical (unpaired) electrons. The molecule has 0 bridgehead atoms. The number of carbonyl (C=O) groups is 2. The summed E-state index contributed by atoms with van der Waals surface area (Å²) >= 11 is 0. The lowest BCUT2D eigenvalue weighted by atomic mass is 10.1. The highest BCUT2D eigenvalue weighted by molar-refractivity contribution is 5.98. The number of hydrogen-bond donors (Lipinski definition) is 2. The normalized spacial score (nSPS) is 13.6. The molecule has 1 aromatic rings. The molecule has 0 aliphatic heterocycles. The number of carbonyl (C=O) groups excluding carboxylic acids is 2. The predicted molar refractivity (Wildman–Crippen MR) is 85.2 cm³/mol. The summed E-state index contributed by atoms with van der Waals surface area (Å²) in [5, 5.41) is 5.93. The van der Waals surface area contributed by atoms with E-state index in [1.54, 1.807) is 32.3 Å². The third kappa shape index (κ3) is 4.46. The first kappa shape index (κ1) is 16.3. The van der Waals surface area contributed by atoms with Gasteiger partial charge in [0.25, 0.3) is 5.91 Å². The van der Waals surface area contributed by atoms with E-state index >= 15 is 0 Å². The van der Waals surface area contributed by atoms with Gasteiger partial charge in [-0.15, -0.1) is 0 Å². The van der Waals surface area contributed by atoms with Crippen LogP contribution < -0.4 is 15.4 Å². The molecule has 1 aromatic carbocycles. The van der Waals surface area contributed by atoms with E-state index in [0.717, 1.165) is 12.5 Å². The largest absolute Gasteiger partial charge is 0.495 e. The molecule has 1 aliphatic rings. The maximum atomic E-state index is 12.0. The molecular weight excluding hydrogens is 282 g/mol. The summed E-state index contributed by atoms with van der Waals surface area (Å²) in [5.41, 5.74) is 1.01. The van der Waals surface area contributed by atoms with E-state index in [9.17, 15) is 9.59 Å². The van der Waals surface area contributed by atoms with Crippen molar-refractivity contribution in [1.82, 2.24) is 10.2 Å². The maximum absolute atomic E-state index is 12.0. The lowest BCUT2D eigenvalue weighted by molar-refractivity contribution is -0.115. The Kier molecular flexibility index (Phi) is 5.38. The number of nitrogens with zero attached hydrogens (tertiary/aromatic N) is 1. The number of benzene rings is 1. The van der Waals surface area contributed by atoms with Crippen molar-refractivity contribution in [3.8, 4) is 5.75 Å². The van der Waals surface area contributed by atoms with Crippen LogP contribution in [0.4, 0.5) is 5.69 Å².